The quantitative estimate of drug-likeness (QED) is 0.678. The molecule has 1 amide bonds. The number of methoxy groups -OCH3 is 1. The molecule has 0 atom stereocenters. The van der Waals surface area contributed by atoms with Crippen molar-refractivity contribution < 1.29 is 9.53 Å². The smallest absolute Gasteiger partial charge is 0.244 e. The van der Waals surface area contributed by atoms with E-state index in [1.54, 1.807) is 31.4 Å². The van der Waals surface area contributed by atoms with Crippen molar-refractivity contribution in [1.82, 2.24) is 5.43 Å². The number of benzene rings is 2. The van der Waals surface area contributed by atoms with Crippen LogP contribution >= 0.6 is 0 Å². The molecule has 2 aromatic carbocycles. The lowest BCUT2D eigenvalue weighted by Gasteiger charge is -2.02. The zero-order valence-electron chi connectivity index (χ0n) is 12.1. The Kier molecular flexibility index (Phi) is 5.27. The molecule has 0 saturated heterocycles. The minimum Gasteiger partial charge on any atom is -0.497 e. The predicted octanol–water partition coefficient (Wildman–Crippen LogP) is 2.26. The van der Waals surface area contributed by atoms with Gasteiger partial charge in [-0.1, -0.05) is 24.3 Å². The van der Waals surface area contributed by atoms with Crippen molar-refractivity contribution in [1.29, 1.82) is 5.26 Å². The maximum absolute atomic E-state index is 11.8. The molecule has 0 fully saturated rings. The Morgan fingerprint density at radius 2 is 1.91 bits per heavy atom. The van der Waals surface area contributed by atoms with E-state index in [1.165, 1.54) is 6.21 Å². The molecule has 0 radical (unpaired) electrons. The predicted molar refractivity (Wildman–Crippen MR) is 83.6 cm³/mol. The highest BCUT2D eigenvalue weighted by Gasteiger charge is 2.02. The summed E-state index contributed by atoms with van der Waals surface area (Å²) in [5.41, 5.74) is 4.75. The number of rotatable bonds is 5. The van der Waals surface area contributed by atoms with Crippen LogP contribution in [0.2, 0.25) is 0 Å². The third-order valence-corrected chi connectivity index (χ3v) is 2.97. The minimum atomic E-state index is -0.199. The molecule has 0 spiro atoms. The number of hydrogen-bond donors (Lipinski definition) is 1. The van der Waals surface area contributed by atoms with Gasteiger partial charge < -0.3 is 4.74 Å². The molecule has 1 N–H and O–H groups in total. The van der Waals surface area contributed by atoms with Gasteiger partial charge in [-0.15, -0.1) is 0 Å². The van der Waals surface area contributed by atoms with Crippen molar-refractivity contribution in [3.63, 3.8) is 0 Å². The SMILES string of the molecule is COc1ccc(CC(=O)N/N=C\c2ccc(C#N)cc2)cc1. The van der Waals surface area contributed by atoms with E-state index in [4.69, 9.17) is 10.00 Å². The molecule has 110 valence electrons. The lowest BCUT2D eigenvalue weighted by atomic mass is 10.1. The van der Waals surface area contributed by atoms with Crippen LogP contribution < -0.4 is 10.2 Å². The van der Waals surface area contributed by atoms with Gasteiger partial charge in [-0.2, -0.15) is 10.4 Å². The van der Waals surface area contributed by atoms with E-state index >= 15 is 0 Å². The number of ether oxygens (including phenoxy) is 1. The topological polar surface area (TPSA) is 74.5 Å². The average Bonchev–Trinajstić information content (AvgIpc) is 2.56. The summed E-state index contributed by atoms with van der Waals surface area (Å²) in [7, 11) is 1.60. The first-order chi connectivity index (χ1) is 10.7. The number of nitrogens with zero attached hydrogens (tertiary/aromatic N) is 2. The number of hydrogen-bond acceptors (Lipinski definition) is 4. The molecule has 0 heterocycles. The van der Waals surface area contributed by atoms with Crippen LogP contribution in [0.1, 0.15) is 16.7 Å². The van der Waals surface area contributed by atoms with Crippen LogP contribution in [0, 0.1) is 11.3 Å². The van der Waals surface area contributed by atoms with Gasteiger partial charge in [0, 0.05) is 0 Å². The Hall–Kier alpha value is -3.13. The zero-order chi connectivity index (χ0) is 15.8. The van der Waals surface area contributed by atoms with Crippen LogP contribution in [0.5, 0.6) is 5.75 Å². The van der Waals surface area contributed by atoms with Crippen molar-refractivity contribution >= 4 is 12.1 Å². The largest absolute Gasteiger partial charge is 0.497 e. The Morgan fingerprint density at radius 3 is 2.50 bits per heavy atom. The Bertz CT molecular complexity index is 698. The standard InChI is InChI=1S/C17H15N3O2/c1-22-16-8-6-13(7-9-16)10-17(21)20-19-12-15-4-2-14(11-18)3-5-15/h2-9,12H,10H2,1H3,(H,20,21)/b19-12-. The van der Waals surface area contributed by atoms with Gasteiger partial charge in [0.25, 0.3) is 0 Å². The van der Waals surface area contributed by atoms with Gasteiger partial charge in [-0.25, -0.2) is 5.43 Å². The first-order valence-electron chi connectivity index (χ1n) is 6.66. The molecule has 0 bridgehead atoms. The molecule has 0 unspecified atom stereocenters. The molecule has 5 heteroatoms. The van der Waals surface area contributed by atoms with Gasteiger partial charge in [0.05, 0.1) is 31.4 Å². The summed E-state index contributed by atoms with van der Waals surface area (Å²) in [6, 6.07) is 16.2. The number of carbonyl (C=O) groups is 1. The molecular formula is C17H15N3O2. The van der Waals surface area contributed by atoms with Crippen molar-refractivity contribution in [2.24, 2.45) is 5.10 Å². The average molecular weight is 293 g/mol. The maximum atomic E-state index is 11.8. The van der Waals surface area contributed by atoms with E-state index in [1.807, 2.05) is 30.3 Å². The van der Waals surface area contributed by atoms with E-state index in [9.17, 15) is 4.79 Å². The highest BCUT2D eigenvalue weighted by atomic mass is 16.5. The molecule has 5 nitrogen and oxygen atoms in total. The number of carbonyl (C=O) groups excluding carboxylic acids is 1. The second-order valence-electron chi connectivity index (χ2n) is 4.55. The van der Waals surface area contributed by atoms with Gasteiger partial charge in [-0.3, -0.25) is 4.79 Å². The summed E-state index contributed by atoms with van der Waals surface area (Å²) >= 11 is 0. The third kappa shape index (κ3) is 4.46. The molecule has 2 rings (SSSR count). The van der Waals surface area contributed by atoms with Crippen LogP contribution in [0.15, 0.2) is 53.6 Å². The van der Waals surface area contributed by atoms with Gasteiger partial charge in [-0.05, 0) is 35.4 Å². The van der Waals surface area contributed by atoms with Gasteiger partial charge in [0.2, 0.25) is 5.91 Å². The first-order valence-corrected chi connectivity index (χ1v) is 6.66. The van der Waals surface area contributed by atoms with E-state index in [-0.39, 0.29) is 12.3 Å². The summed E-state index contributed by atoms with van der Waals surface area (Å²) in [4.78, 5) is 11.8. The van der Waals surface area contributed by atoms with Crippen LogP contribution in [0.3, 0.4) is 0 Å². The molecule has 0 aliphatic rings. The molecule has 0 aromatic heterocycles. The molecule has 22 heavy (non-hydrogen) atoms. The van der Waals surface area contributed by atoms with Crippen LogP contribution in [-0.4, -0.2) is 19.2 Å². The fourth-order valence-electron chi connectivity index (χ4n) is 1.79. The number of nitrogens with one attached hydrogen (secondary N) is 1. The van der Waals surface area contributed by atoms with E-state index in [2.05, 4.69) is 10.5 Å². The van der Waals surface area contributed by atoms with Crippen molar-refractivity contribution in [2.75, 3.05) is 7.11 Å². The van der Waals surface area contributed by atoms with E-state index in [0.717, 1.165) is 16.9 Å². The summed E-state index contributed by atoms with van der Waals surface area (Å²) in [5, 5.41) is 12.6. The number of amides is 1. The van der Waals surface area contributed by atoms with E-state index < -0.39 is 0 Å². The highest BCUT2D eigenvalue weighted by molar-refractivity contribution is 5.83. The third-order valence-electron chi connectivity index (χ3n) is 2.97. The van der Waals surface area contributed by atoms with Gasteiger partial charge in [0.15, 0.2) is 0 Å². The highest BCUT2D eigenvalue weighted by Crippen LogP contribution is 2.11. The Balaban J connectivity index is 1.86. The van der Waals surface area contributed by atoms with Crippen molar-refractivity contribution in [3.8, 4) is 11.8 Å². The fourth-order valence-corrected chi connectivity index (χ4v) is 1.79. The summed E-state index contributed by atoms with van der Waals surface area (Å²) in [6.07, 6.45) is 1.78. The van der Waals surface area contributed by atoms with Crippen molar-refractivity contribution in [2.45, 2.75) is 6.42 Å². The van der Waals surface area contributed by atoms with Crippen molar-refractivity contribution in [3.05, 3.63) is 65.2 Å². The second kappa shape index (κ2) is 7.60. The van der Waals surface area contributed by atoms with E-state index in [0.29, 0.717) is 5.56 Å². The van der Waals surface area contributed by atoms with Crippen LogP contribution in [0.4, 0.5) is 0 Å². The normalized spacial score (nSPS) is 10.2. The van der Waals surface area contributed by atoms with Gasteiger partial charge >= 0.3 is 0 Å². The molecule has 0 saturated carbocycles. The zero-order valence-corrected chi connectivity index (χ0v) is 12.1. The lowest BCUT2D eigenvalue weighted by Crippen LogP contribution is -2.19. The second-order valence-corrected chi connectivity index (χ2v) is 4.55. The molecule has 2 aromatic rings. The monoisotopic (exact) mass is 293 g/mol. The summed E-state index contributed by atoms with van der Waals surface area (Å²) in [5.74, 6) is 0.554. The fraction of sp³-hybridized carbons (Fsp3) is 0.118. The first kappa shape index (κ1) is 15.3. The van der Waals surface area contributed by atoms with Gasteiger partial charge in [0.1, 0.15) is 5.75 Å². The molecule has 0 aliphatic heterocycles. The summed E-state index contributed by atoms with van der Waals surface area (Å²) < 4.78 is 5.06. The number of nitriles is 1. The maximum Gasteiger partial charge on any atom is 0.244 e. The lowest BCUT2D eigenvalue weighted by molar-refractivity contribution is -0.120. The molecular weight excluding hydrogens is 278 g/mol. The minimum absolute atomic E-state index is 0.199. The molecule has 0 aliphatic carbocycles. The van der Waals surface area contributed by atoms with Crippen LogP contribution in [0.25, 0.3) is 0 Å². The number of hydrazone groups is 1. The summed E-state index contributed by atoms with van der Waals surface area (Å²) in [6.45, 7) is 0. The van der Waals surface area contributed by atoms with Crippen LogP contribution in [-0.2, 0) is 11.2 Å². The Morgan fingerprint density at radius 1 is 1.23 bits per heavy atom. The Labute approximate surface area is 128 Å².